The lowest BCUT2D eigenvalue weighted by molar-refractivity contribution is -0.145. The van der Waals surface area contributed by atoms with Crippen LogP contribution in [0.1, 0.15) is 17.8 Å². The molecule has 0 spiro atoms. The molecule has 0 atom stereocenters. The third-order valence-electron chi connectivity index (χ3n) is 4.03. The van der Waals surface area contributed by atoms with Crippen molar-refractivity contribution >= 4 is 38.6 Å². The number of aryl methyl sites for hydroxylation is 1. The molecule has 0 saturated carbocycles. The SMILES string of the molecule is O=C(CCCn1c(=O)oc2ccccc21)OCc1nc2ccccc2s1. The summed E-state index contributed by atoms with van der Waals surface area (Å²) in [5, 5.41) is 0.775. The van der Waals surface area contributed by atoms with E-state index in [2.05, 4.69) is 4.98 Å². The second-order valence-corrected chi connectivity index (χ2v) is 6.94. The first-order valence-corrected chi connectivity index (χ1v) is 9.11. The van der Waals surface area contributed by atoms with Gasteiger partial charge in [0.25, 0.3) is 0 Å². The number of carbonyl (C=O) groups is 1. The van der Waals surface area contributed by atoms with Crippen molar-refractivity contribution in [2.24, 2.45) is 0 Å². The van der Waals surface area contributed by atoms with Gasteiger partial charge in [-0.25, -0.2) is 9.78 Å². The van der Waals surface area contributed by atoms with Crippen LogP contribution in [0.2, 0.25) is 0 Å². The van der Waals surface area contributed by atoms with Crippen LogP contribution in [0, 0.1) is 0 Å². The summed E-state index contributed by atoms with van der Waals surface area (Å²) < 4.78 is 13.1. The van der Waals surface area contributed by atoms with Gasteiger partial charge in [0.15, 0.2) is 5.58 Å². The van der Waals surface area contributed by atoms with Gasteiger partial charge in [-0.15, -0.1) is 11.3 Å². The highest BCUT2D eigenvalue weighted by Crippen LogP contribution is 2.22. The molecule has 0 aliphatic heterocycles. The summed E-state index contributed by atoms with van der Waals surface area (Å²) in [6, 6.07) is 15.0. The fourth-order valence-corrected chi connectivity index (χ4v) is 3.68. The van der Waals surface area contributed by atoms with Crippen molar-refractivity contribution in [2.45, 2.75) is 26.0 Å². The van der Waals surface area contributed by atoms with Gasteiger partial charge in [0.2, 0.25) is 0 Å². The number of ether oxygens (including phenoxy) is 1. The standard InChI is InChI=1S/C19H16N2O4S/c22-18(24-12-17-20-13-6-1-4-9-16(13)26-17)10-5-11-21-14-7-2-3-8-15(14)25-19(21)23/h1-4,6-9H,5,10-12H2. The minimum atomic E-state index is -0.408. The predicted octanol–water partition coefficient (Wildman–Crippen LogP) is 3.73. The van der Waals surface area contributed by atoms with E-state index in [4.69, 9.17) is 9.15 Å². The maximum absolute atomic E-state index is 12.0. The third kappa shape index (κ3) is 3.39. The first-order chi connectivity index (χ1) is 12.7. The summed E-state index contributed by atoms with van der Waals surface area (Å²) in [5.41, 5.74) is 2.20. The number of esters is 1. The number of rotatable bonds is 6. The lowest BCUT2D eigenvalue weighted by atomic mass is 10.3. The Morgan fingerprint density at radius 3 is 2.85 bits per heavy atom. The van der Waals surface area contributed by atoms with E-state index in [9.17, 15) is 9.59 Å². The number of thiazole rings is 1. The van der Waals surface area contributed by atoms with Crippen LogP contribution in [0.15, 0.2) is 57.7 Å². The van der Waals surface area contributed by atoms with Gasteiger partial charge in [0.05, 0.1) is 15.7 Å². The zero-order valence-corrected chi connectivity index (χ0v) is 14.7. The number of carbonyl (C=O) groups excluding carboxylic acids is 1. The van der Waals surface area contributed by atoms with Crippen LogP contribution in [-0.4, -0.2) is 15.5 Å². The van der Waals surface area contributed by atoms with E-state index in [-0.39, 0.29) is 19.0 Å². The van der Waals surface area contributed by atoms with E-state index in [0.717, 1.165) is 20.7 Å². The Balaban J connectivity index is 1.31. The topological polar surface area (TPSA) is 74.3 Å². The number of oxazole rings is 1. The van der Waals surface area contributed by atoms with Crippen molar-refractivity contribution in [1.82, 2.24) is 9.55 Å². The van der Waals surface area contributed by atoms with Gasteiger partial charge in [0, 0.05) is 13.0 Å². The molecule has 26 heavy (non-hydrogen) atoms. The molecule has 0 aliphatic carbocycles. The van der Waals surface area contributed by atoms with Crippen LogP contribution in [0.3, 0.4) is 0 Å². The molecule has 0 aliphatic rings. The van der Waals surface area contributed by atoms with Gasteiger partial charge in [-0.1, -0.05) is 24.3 Å². The number of benzene rings is 2. The average molecular weight is 368 g/mol. The first kappa shape index (κ1) is 16.5. The van der Waals surface area contributed by atoms with Crippen LogP contribution in [-0.2, 0) is 22.7 Å². The number of hydrogen-bond donors (Lipinski definition) is 0. The van der Waals surface area contributed by atoms with E-state index >= 15 is 0 Å². The monoisotopic (exact) mass is 368 g/mol. The van der Waals surface area contributed by atoms with Crippen molar-refractivity contribution in [3.63, 3.8) is 0 Å². The largest absolute Gasteiger partial charge is 0.458 e. The van der Waals surface area contributed by atoms with E-state index in [1.54, 1.807) is 6.07 Å². The molecule has 2 aromatic heterocycles. The number of nitrogens with zero attached hydrogens (tertiary/aromatic N) is 2. The highest BCUT2D eigenvalue weighted by Gasteiger charge is 2.11. The van der Waals surface area contributed by atoms with Gasteiger partial charge in [-0.2, -0.15) is 0 Å². The Kier molecular flexibility index (Phi) is 4.53. The van der Waals surface area contributed by atoms with Crippen LogP contribution in [0.25, 0.3) is 21.3 Å². The number of fused-ring (bicyclic) bond motifs is 2. The Labute approximate surface area is 152 Å². The quantitative estimate of drug-likeness (QED) is 0.485. The fourth-order valence-electron chi connectivity index (χ4n) is 2.80. The summed E-state index contributed by atoms with van der Waals surface area (Å²) >= 11 is 1.52. The van der Waals surface area contributed by atoms with E-state index in [0.29, 0.717) is 18.5 Å². The van der Waals surface area contributed by atoms with Gasteiger partial charge >= 0.3 is 11.7 Å². The summed E-state index contributed by atoms with van der Waals surface area (Å²) in [5.74, 6) is -0.709. The van der Waals surface area contributed by atoms with Crippen molar-refractivity contribution in [1.29, 1.82) is 0 Å². The number of para-hydroxylation sites is 3. The fraction of sp³-hybridized carbons (Fsp3) is 0.211. The molecule has 4 aromatic rings. The average Bonchev–Trinajstić information content (AvgIpc) is 3.20. The Morgan fingerprint density at radius 1 is 1.15 bits per heavy atom. The summed E-state index contributed by atoms with van der Waals surface area (Å²) in [6.07, 6.45) is 0.735. The van der Waals surface area contributed by atoms with E-state index < -0.39 is 5.76 Å². The first-order valence-electron chi connectivity index (χ1n) is 8.29. The highest BCUT2D eigenvalue weighted by atomic mass is 32.1. The van der Waals surface area contributed by atoms with Crippen LogP contribution >= 0.6 is 11.3 Å². The van der Waals surface area contributed by atoms with Crippen molar-refractivity contribution in [2.75, 3.05) is 0 Å². The van der Waals surface area contributed by atoms with Crippen LogP contribution in [0.5, 0.6) is 0 Å². The second kappa shape index (κ2) is 7.13. The maximum Gasteiger partial charge on any atom is 0.419 e. The summed E-state index contributed by atoms with van der Waals surface area (Å²) in [4.78, 5) is 28.3. The van der Waals surface area contributed by atoms with Crippen molar-refractivity contribution < 1.29 is 13.9 Å². The normalized spacial score (nSPS) is 11.2. The lowest BCUT2D eigenvalue weighted by Crippen LogP contribution is -2.15. The Bertz CT molecular complexity index is 1090. The van der Waals surface area contributed by atoms with Gasteiger partial charge in [-0.05, 0) is 30.7 Å². The molecular formula is C19H16N2O4S. The molecule has 4 rings (SSSR count). The van der Waals surface area contributed by atoms with Crippen LogP contribution in [0.4, 0.5) is 0 Å². The molecule has 0 radical (unpaired) electrons. The minimum absolute atomic E-state index is 0.173. The maximum atomic E-state index is 12.0. The molecule has 0 fully saturated rings. The molecule has 0 saturated heterocycles. The molecule has 2 heterocycles. The van der Waals surface area contributed by atoms with Crippen molar-refractivity contribution in [3.05, 3.63) is 64.1 Å². The predicted molar refractivity (Wildman–Crippen MR) is 99.1 cm³/mol. The molecular weight excluding hydrogens is 352 g/mol. The number of hydrogen-bond acceptors (Lipinski definition) is 6. The number of aromatic nitrogens is 2. The molecule has 0 N–H and O–H groups in total. The molecule has 7 heteroatoms. The Morgan fingerprint density at radius 2 is 1.96 bits per heavy atom. The molecule has 0 amide bonds. The smallest absolute Gasteiger partial charge is 0.419 e. The zero-order chi connectivity index (χ0) is 17.9. The summed E-state index contributed by atoms with van der Waals surface area (Å²) in [7, 11) is 0. The zero-order valence-electron chi connectivity index (χ0n) is 13.9. The van der Waals surface area contributed by atoms with Gasteiger partial charge in [0.1, 0.15) is 11.6 Å². The van der Waals surface area contributed by atoms with Crippen LogP contribution < -0.4 is 5.76 Å². The highest BCUT2D eigenvalue weighted by molar-refractivity contribution is 7.18. The molecule has 0 bridgehead atoms. The Hall–Kier alpha value is -2.93. The van der Waals surface area contributed by atoms with Gasteiger partial charge < -0.3 is 9.15 Å². The molecule has 6 nitrogen and oxygen atoms in total. The van der Waals surface area contributed by atoms with E-state index in [1.165, 1.54) is 15.9 Å². The molecule has 2 aromatic carbocycles. The molecule has 132 valence electrons. The van der Waals surface area contributed by atoms with E-state index in [1.807, 2.05) is 42.5 Å². The third-order valence-corrected chi connectivity index (χ3v) is 5.04. The lowest BCUT2D eigenvalue weighted by Gasteiger charge is -2.03. The van der Waals surface area contributed by atoms with Gasteiger partial charge in [-0.3, -0.25) is 9.36 Å². The molecule has 0 unspecified atom stereocenters. The van der Waals surface area contributed by atoms with Crippen molar-refractivity contribution in [3.8, 4) is 0 Å². The minimum Gasteiger partial charge on any atom is -0.458 e. The summed E-state index contributed by atoms with van der Waals surface area (Å²) in [6.45, 7) is 0.582. The second-order valence-electron chi connectivity index (χ2n) is 5.83.